The van der Waals surface area contributed by atoms with Gasteiger partial charge >= 0.3 is 0 Å². The number of anilines is 3. The van der Waals surface area contributed by atoms with Crippen molar-refractivity contribution in [3.05, 3.63) is 295 Å². The molecule has 2 aliphatic carbocycles. The normalized spacial score (nSPS) is 13.0. The lowest BCUT2D eigenvalue weighted by Crippen LogP contribution is -2.26. The van der Waals surface area contributed by atoms with Gasteiger partial charge in [0.1, 0.15) is 0 Å². The van der Waals surface area contributed by atoms with E-state index in [-0.39, 0.29) is 0 Å². The molecule has 0 saturated carbocycles. The third-order valence-corrected chi connectivity index (χ3v) is 16.6. The van der Waals surface area contributed by atoms with Gasteiger partial charge in [-0.25, -0.2) is 0 Å². The molecule has 0 atom stereocenters. The van der Waals surface area contributed by atoms with E-state index in [0.717, 1.165) is 17.1 Å². The molecule has 342 valence electrons. The van der Waals surface area contributed by atoms with E-state index in [0.29, 0.717) is 0 Å². The van der Waals surface area contributed by atoms with Gasteiger partial charge < -0.3 is 4.90 Å². The van der Waals surface area contributed by atoms with Crippen LogP contribution in [0, 0.1) is 0 Å². The summed E-state index contributed by atoms with van der Waals surface area (Å²) in [5, 5.41) is 15.1. The highest BCUT2D eigenvalue weighted by atomic mass is 15.1. The Morgan fingerprint density at radius 1 is 0.203 bits per heavy atom. The predicted octanol–water partition coefficient (Wildman–Crippen LogP) is 19.8. The largest absolute Gasteiger partial charge is 0.310 e. The van der Waals surface area contributed by atoms with Gasteiger partial charge in [-0.05, 0) is 168 Å². The van der Waals surface area contributed by atoms with Crippen LogP contribution in [0.1, 0.15) is 22.3 Å². The fraction of sp³-hybridized carbons (Fsp3) is 0.0137. The lowest BCUT2D eigenvalue weighted by Gasteiger charge is -2.33. The van der Waals surface area contributed by atoms with Crippen molar-refractivity contribution in [2.75, 3.05) is 4.90 Å². The van der Waals surface area contributed by atoms with Crippen molar-refractivity contribution in [1.82, 2.24) is 0 Å². The molecule has 0 radical (unpaired) electrons. The van der Waals surface area contributed by atoms with Gasteiger partial charge in [0.05, 0.1) is 11.1 Å². The van der Waals surface area contributed by atoms with Crippen LogP contribution in [-0.2, 0) is 5.41 Å². The fourth-order valence-electron chi connectivity index (χ4n) is 13.5. The first-order valence-corrected chi connectivity index (χ1v) is 25.8. The first-order chi connectivity index (χ1) is 36.7. The van der Waals surface area contributed by atoms with Crippen molar-refractivity contribution in [2.45, 2.75) is 5.41 Å². The van der Waals surface area contributed by atoms with Gasteiger partial charge in [0.25, 0.3) is 0 Å². The number of hydrogen-bond donors (Lipinski definition) is 0. The summed E-state index contributed by atoms with van der Waals surface area (Å²) in [6, 6.07) is 103. The lowest BCUT2D eigenvalue weighted by atomic mass is 9.70. The van der Waals surface area contributed by atoms with Crippen molar-refractivity contribution < 1.29 is 0 Å². The molecule has 1 nitrogen and oxygen atoms in total. The van der Waals surface area contributed by atoms with Gasteiger partial charge in [0.15, 0.2) is 0 Å². The summed E-state index contributed by atoms with van der Waals surface area (Å²) in [7, 11) is 0. The van der Waals surface area contributed by atoms with Crippen LogP contribution in [0.3, 0.4) is 0 Å². The van der Waals surface area contributed by atoms with Gasteiger partial charge in [0, 0.05) is 16.9 Å². The maximum atomic E-state index is 2.59. The first kappa shape index (κ1) is 41.1. The molecule has 16 rings (SSSR count). The second-order valence-electron chi connectivity index (χ2n) is 20.2. The van der Waals surface area contributed by atoms with E-state index in [9.17, 15) is 0 Å². The molecular weight excluding hydrogens is 891 g/mol. The predicted molar refractivity (Wildman–Crippen MR) is 313 cm³/mol. The number of nitrogens with zero attached hydrogens (tertiary/aromatic N) is 1. The summed E-state index contributed by atoms with van der Waals surface area (Å²) in [6.07, 6.45) is 0. The maximum Gasteiger partial charge on any atom is 0.0726 e. The molecule has 0 amide bonds. The Morgan fingerprint density at radius 2 is 0.608 bits per heavy atom. The number of fused-ring (bicyclic) bond motifs is 22. The van der Waals surface area contributed by atoms with E-state index < -0.39 is 5.41 Å². The zero-order valence-corrected chi connectivity index (χ0v) is 40.4. The number of benzene rings is 14. The average Bonchev–Trinajstić information content (AvgIpc) is 3.95. The highest BCUT2D eigenvalue weighted by Gasteiger charge is 2.52. The quantitative estimate of drug-likeness (QED) is 0.155. The number of rotatable bonds is 5. The van der Waals surface area contributed by atoms with Gasteiger partial charge in [-0.2, -0.15) is 0 Å². The van der Waals surface area contributed by atoms with Gasteiger partial charge in [-0.3, -0.25) is 0 Å². The molecule has 1 spiro atoms. The summed E-state index contributed by atoms with van der Waals surface area (Å²) >= 11 is 0. The van der Waals surface area contributed by atoms with Crippen LogP contribution in [0.15, 0.2) is 273 Å². The third kappa shape index (κ3) is 5.69. The Hall–Kier alpha value is -9.56. The summed E-state index contributed by atoms with van der Waals surface area (Å²) in [6.45, 7) is 0. The first-order valence-electron chi connectivity index (χ1n) is 25.8. The molecule has 2 aliphatic rings. The molecule has 74 heavy (non-hydrogen) atoms. The average molecular weight is 936 g/mol. The van der Waals surface area contributed by atoms with Crippen LogP contribution in [-0.4, -0.2) is 0 Å². The van der Waals surface area contributed by atoms with E-state index in [4.69, 9.17) is 0 Å². The van der Waals surface area contributed by atoms with E-state index in [1.54, 1.807) is 0 Å². The zero-order valence-electron chi connectivity index (χ0n) is 40.4. The fourth-order valence-corrected chi connectivity index (χ4v) is 13.5. The highest BCUT2D eigenvalue weighted by molar-refractivity contribution is 6.27. The molecular formula is C73H45N. The van der Waals surface area contributed by atoms with Crippen LogP contribution < -0.4 is 4.90 Å². The van der Waals surface area contributed by atoms with E-state index >= 15 is 0 Å². The summed E-state index contributed by atoms with van der Waals surface area (Å²) in [5.41, 5.74) is 17.9. The van der Waals surface area contributed by atoms with Crippen LogP contribution in [0.4, 0.5) is 17.1 Å². The maximum absolute atomic E-state index is 2.59. The lowest BCUT2D eigenvalue weighted by molar-refractivity contribution is 0.794. The minimum atomic E-state index is -0.541. The van der Waals surface area contributed by atoms with Crippen LogP contribution in [0.5, 0.6) is 0 Å². The van der Waals surface area contributed by atoms with E-state index in [1.165, 1.54) is 131 Å². The van der Waals surface area contributed by atoms with E-state index in [1.807, 2.05) is 0 Å². The van der Waals surface area contributed by atoms with Crippen molar-refractivity contribution in [3.63, 3.8) is 0 Å². The van der Waals surface area contributed by atoms with Gasteiger partial charge in [-0.1, -0.05) is 231 Å². The Bertz CT molecular complexity index is 4560. The molecule has 0 bridgehead atoms. The molecule has 0 heterocycles. The highest BCUT2D eigenvalue weighted by Crippen LogP contribution is 2.64. The van der Waals surface area contributed by atoms with Gasteiger partial charge in [-0.15, -0.1) is 0 Å². The Balaban J connectivity index is 1.06. The Labute approximate surface area is 429 Å². The molecule has 0 unspecified atom stereocenters. The van der Waals surface area contributed by atoms with Crippen LogP contribution in [0.25, 0.3) is 109 Å². The van der Waals surface area contributed by atoms with Crippen molar-refractivity contribution in [1.29, 1.82) is 0 Å². The van der Waals surface area contributed by atoms with Crippen molar-refractivity contribution in [3.8, 4) is 44.5 Å². The van der Waals surface area contributed by atoms with E-state index in [2.05, 4.69) is 278 Å². The molecule has 0 N–H and O–H groups in total. The standard InChI is InChI=1S/C73H45N/c1-2-19-46(20-3-1)47-21-18-22-49(41-47)74(50-38-40-60-56-28-7-5-24-52(56)54-26-9-11-30-58(54)66(60)43-50)72-45-71-67(63-33-14-17-36-70(63)73(71)68-34-15-12-31-61(68)62-32-13-16-35-69(62)73)44-64(72)48-37-39-59-55-27-6-4-23-51(55)53-25-8-10-29-57(53)65(59)42-48/h1-45H. The molecule has 0 saturated heterocycles. The third-order valence-electron chi connectivity index (χ3n) is 16.6. The van der Waals surface area contributed by atoms with Crippen molar-refractivity contribution in [2.24, 2.45) is 0 Å². The Morgan fingerprint density at radius 3 is 1.15 bits per heavy atom. The second-order valence-corrected chi connectivity index (χ2v) is 20.2. The zero-order chi connectivity index (χ0) is 48.5. The molecule has 14 aromatic rings. The molecule has 0 aromatic heterocycles. The minimum Gasteiger partial charge on any atom is -0.310 e. The number of hydrogen-bond acceptors (Lipinski definition) is 1. The Kier molecular flexibility index (Phi) is 8.73. The monoisotopic (exact) mass is 935 g/mol. The van der Waals surface area contributed by atoms with Gasteiger partial charge in [0.2, 0.25) is 0 Å². The SMILES string of the molecule is c1ccc(-c2cccc(N(c3ccc4c5ccccc5c5ccccc5c4c3)c3cc4c(cc3-c3ccc5c6ccccc6c6ccccc6c5c3)-c3ccccc3C43c4ccccc4-c4ccccc43)c2)cc1. The molecule has 1 heteroatoms. The minimum absolute atomic E-state index is 0.541. The summed E-state index contributed by atoms with van der Waals surface area (Å²) in [5.74, 6) is 0. The van der Waals surface area contributed by atoms with Crippen molar-refractivity contribution >= 4 is 81.7 Å². The molecule has 0 fully saturated rings. The molecule has 14 aromatic carbocycles. The molecule has 0 aliphatic heterocycles. The smallest absolute Gasteiger partial charge is 0.0726 e. The van der Waals surface area contributed by atoms with Crippen LogP contribution in [0.2, 0.25) is 0 Å². The van der Waals surface area contributed by atoms with Crippen LogP contribution >= 0.6 is 0 Å². The topological polar surface area (TPSA) is 3.24 Å². The second kappa shape index (κ2) is 15.7. The summed E-state index contributed by atoms with van der Waals surface area (Å²) in [4.78, 5) is 2.57. The summed E-state index contributed by atoms with van der Waals surface area (Å²) < 4.78 is 0.